The van der Waals surface area contributed by atoms with Crippen LogP contribution in [0, 0.1) is 0 Å². The Morgan fingerprint density at radius 3 is 2.42 bits per heavy atom. The van der Waals surface area contributed by atoms with Crippen LogP contribution in [0.5, 0.6) is 5.88 Å². The van der Waals surface area contributed by atoms with E-state index in [-0.39, 0.29) is 17.9 Å². The van der Waals surface area contributed by atoms with Gasteiger partial charge in [0.2, 0.25) is 11.8 Å². The Kier molecular flexibility index (Phi) is 8.48. The summed E-state index contributed by atoms with van der Waals surface area (Å²) in [5.74, 6) is 1.70. The summed E-state index contributed by atoms with van der Waals surface area (Å²) in [5.41, 5.74) is 0.664. The van der Waals surface area contributed by atoms with Gasteiger partial charge in [-0.25, -0.2) is 15.0 Å². The molecule has 8 nitrogen and oxygen atoms in total. The highest BCUT2D eigenvalue weighted by Gasteiger charge is 2.33. The molecular weight excluding hydrogens is 519 g/mol. The molecule has 0 unspecified atom stereocenters. The molecule has 0 bridgehead atoms. The summed E-state index contributed by atoms with van der Waals surface area (Å²) < 4.78 is 45.4. The molecule has 1 saturated heterocycles. The molecule has 1 fully saturated rings. The first-order valence-corrected chi connectivity index (χ1v) is 11.9. The minimum absolute atomic E-state index is 0. The van der Waals surface area contributed by atoms with Crippen molar-refractivity contribution in [2.24, 2.45) is 0 Å². The zero-order valence-electron chi connectivity index (χ0n) is 20.6. The highest BCUT2D eigenvalue weighted by Crippen LogP contribution is 2.34. The number of anilines is 2. The fourth-order valence-electron chi connectivity index (χ4n) is 4.35. The number of hydrogen-bond acceptors (Lipinski definition) is 8. The zero-order chi connectivity index (χ0) is 25.8. The second-order valence-corrected chi connectivity index (χ2v) is 8.63. The highest BCUT2D eigenvalue weighted by atomic mass is 35.5. The van der Waals surface area contributed by atoms with E-state index < -0.39 is 11.9 Å². The maximum Gasteiger partial charge on any atom is 0.433 e. The van der Waals surface area contributed by atoms with Gasteiger partial charge in [0.25, 0.3) is 0 Å². The van der Waals surface area contributed by atoms with Gasteiger partial charge in [0, 0.05) is 68.7 Å². The largest absolute Gasteiger partial charge is 0.481 e. The number of halogens is 4. The van der Waals surface area contributed by atoms with Crippen LogP contribution in [0.4, 0.5) is 24.9 Å². The van der Waals surface area contributed by atoms with Crippen molar-refractivity contribution in [1.82, 2.24) is 24.8 Å². The fraction of sp³-hybridized carbons (Fsp3) is 0.308. The number of rotatable bonds is 7. The second kappa shape index (κ2) is 11.8. The third-order valence-corrected chi connectivity index (χ3v) is 6.31. The molecule has 0 spiro atoms. The van der Waals surface area contributed by atoms with Gasteiger partial charge < -0.3 is 15.0 Å². The van der Waals surface area contributed by atoms with Crippen LogP contribution in [-0.4, -0.2) is 71.2 Å². The van der Waals surface area contributed by atoms with Crippen LogP contribution in [0.25, 0.3) is 22.0 Å². The number of methoxy groups -OCH3 is 1. The summed E-state index contributed by atoms with van der Waals surface area (Å²) in [5, 5.41) is 3.85. The zero-order valence-corrected chi connectivity index (χ0v) is 21.5. The molecule has 1 N–H and O–H groups in total. The standard InChI is InChI=1S/C26H26F3N7O.ClH/c1-37-22-9-10-31-25(34-22)36-15-13-35(14-16-36)12-11-30-24-19-7-8-21(26(27,28)29)33-23(19)20(17-32-24)18-5-3-2-4-6-18;/h2-10,17H,11-16H2,1H3,(H,30,32);1H. The molecule has 200 valence electrons. The molecule has 4 heterocycles. The van der Waals surface area contributed by atoms with E-state index in [0.717, 1.165) is 44.4 Å². The Morgan fingerprint density at radius 2 is 1.71 bits per heavy atom. The Bertz CT molecular complexity index is 1370. The lowest BCUT2D eigenvalue weighted by atomic mass is 10.0. The lowest BCUT2D eigenvalue weighted by Crippen LogP contribution is -2.48. The predicted octanol–water partition coefficient (Wildman–Crippen LogP) is 4.77. The number of pyridine rings is 2. The predicted molar refractivity (Wildman–Crippen MR) is 143 cm³/mol. The molecule has 0 atom stereocenters. The SMILES string of the molecule is COc1ccnc(N2CCN(CCNc3ncc(-c4ccccc4)c4nc(C(F)(F)F)ccc34)CC2)n1.Cl. The van der Waals surface area contributed by atoms with E-state index >= 15 is 0 Å². The number of alkyl halides is 3. The van der Waals surface area contributed by atoms with Gasteiger partial charge in [-0.05, 0) is 17.7 Å². The van der Waals surface area contributed by atoms with E-state index in [0.29, 0.717) is 35.1 Å². The quantitative estimate of drug-likeness (QED) is 0.356. The topological polar surface area (TPSA) is 79.3 Å². The molecule has 3 aromatic heterocycles. The number of hydrogen-bond donors (Lipinski definition) is 1. The van der Waals surface area contributed by atoms with Gasteiger partial charge in [0.15, 0.2) is 0 Å². The van der Waals surface area contributed by atoms with Crippen molar-refractivity contribution in [3.05, 3.63) is 66.6 Å². The van der Waals surface area contributed by atoms with Crippen LogP contribution in [0.3, 0.4) is 0 Å². The smallest absolute Gasteiger partial charge is 0.433 e. The van der Waals surface area contributed by atoms with Crippen molar-refractivity contribution in [2.45, 2.75) is 6.18 Å². The molecule has 12 heteroatoms. The van der Waals surface area contributed by atoms with E-state index in [1.54, 1.807) is 25.6 Å². The number of piperazine rings is 1. The number of aromatic nitrogens is 4. The molecular formula is C26H27ClF3N7O. The minimum atomic E-state index is -4.53. The lowest BCUT2D eigenvalue weighted by molar-refractivity contribution is -0.140. The fourth-order valence-corrected chi connectivity index (χ4v) is 4.35. The van der Waals surface area contributed by atoms with Gasteiger partial charge in [-0.1, -0.05) is 30.3 Å². The first-order chi connectivity index (χ1) is 17.9. The number of fused-ring (bicyclic) bond motifs is 1. The molecule has 0 saturated carbocycles. The van der Waals surface area contributed by atoms with E-state index in [1.807, 2.05) is 30.3 Å². The molecule has 4 aromatic rings. The first-order valence-electron chi connectivity index (χ1n) is 11.9. The average Bonchev–Trinajstić information content (AvgIpc) is 2.93. The monoisotopic (exact) mass is 545 g/mol. The Morgan fingerprint density at radius 1 is 0.947 bits per heavy atom. The summed E-state index contributed by atoms with van der Waals surface area (Å²) in [4.78, 5) is 21.7. The van der Waals surface area contributed by atoms with Gasteiger partial charge >= 0.3 is 6.18 Å². The van der Waals surface area contributed by atoms with Gasteiger partial charge in [-0.15, -0.1) is 12.4 Å². The summed E-state index contributed by atoms with van der Waals surface area (Å²) in [7, 11) is 1.58. The van der Waals surface area contributed by atoms with Crippen LogP contribution < -0.4 is 15.0 Å². The Labute approximate surface area is 224 Å². The van der Waals surface area contributed by atoms with Crippen LogP contribution in [0.2, 0.25) is 0 Å². The van der Waals surface area contributed by atoms with E-state index in [4.69, 9.17) is 4.74 Å². The number of ether oxygens (including phenoxy) is 1. The summed E-state index contributed by atoms with van der Waals surface area (Å²) >= 11 is 0. The van der Waals surface area contributed by atoms with Gasteiger partial charge in [-0.3, -0.25) is 4.90 Å². The van der Waals surface area contributed by atoms with Crippen LogP contribution in [0.1, 0.15) is 5.69 Å². The third-order valence-electron chi connectivity index (χ3n) is 6.31. The van der Waals surface area contributed by atoms with Crippen molar-refractivity contribution in [2.75, 3.05) is 56.6 Å². The summed E-state index contributed by atoms with van der Waals surface area (Å²) in [6.45, 7) is 4.57. The second-order valence-electron chi connectivity index (χ2n) is 8.63. The molecule has 0 radical (unpaired) electrons. The minimum Gasteiger partial charge on any atom is -0.481 e. The molecule has 0 amide bonds. The first kappa shape index (κ1) is 27.3. The Hall–Kier alpha value is -3.70. The van der Waals surface area contributed by atoms with Gasteiger partial charge in [0.05, 0.1) is 12.6 Å². The molecule has 1 aromatic carbocycles. The molecule has 1 aliphatic rings. The van der Waals surface area contributed by atoms with E-state index in [2.05, 4.69) is 35.1 Å². The van der Waals surface area contributed by atoms with Crippen LogP contribution in [0.15, 0.2) is 60.9 Å². The van der Waals surface area contributed by atoms with Gasteiger partial charge in [0.1, 0.15) is 11.5 Å². The number of nitrogens with one attached hydrogen (secondary N) is 1. The van der Waals surface area contributed by atoms with E-state index in [9.17, 15) is 13.2 Å². The van der Waals surface area contributed by atoms with Crippen molar-refractivity contribution in [3.63, 3.8) is 0 Å². The molecule has 1 aliphatic heterocycles. The number of benzene rings is 1. The van der Waals surface area contributed by atoms with Crippen LogP contribution >= 0.6 is 12.4 Å². The third kappa shape index (κ3) is 6.05. The maximum absolute atomic E-state index is 13.4. The lowest BCUT2D eigenvalue weighted by Gasteiger charge is -2.34. The average molecular weight is 546 g/mol. The molecule has 0 aliphatic carbocycles. The van der Waals surface area contributed by atoms with Crippen LogP contribution in [-0.2, 0) is 6.18 Å². The molecule has 38 heavy (non-hydrogen) atoms. The Balaban J connectivity index is 0.00000336. The maximum atomic E-state index is 13.4. The van der Waals surface area contributed by atoms with Crippen molar-refractivity contribution in [1.29, 1.82) is 0 Å². The summed E-state index contributed by atoms with van der Waals surface area (Å²) in [6.07, 6.45) is -1.26. The highest BCUT2D eigenvalue weighted by molar-refractivity contribution is 5.99. The van der Waals surface area contributed by atoms with Gasteiger partial charge in [-0.2, -0.15) is 18.2 Å². The van der Waals surface area contributed by atoms with E-state index in [1.165, 1.54) is 6.07 Å². The van der Waals surface area contributed by atoms with Crippen molar-refractivity contribution >= 4 is 35.1 Å². The normalized spacial score (nSPS) is 14.3. The molecule has 5 rings (SSSR count). The number of nitrogens with zero attached hydrogens (tertiary/aromatic N) is 6. The van der Waals surface area contributed by atoms with Crippen molar-refractivity contribution in [3.8, 4) is 17.0 Å². The van der Waals surface area contributed by atoms with Crippen molar-refractivity contribution < 1.29 is 17.9 Å². The summed E-state index contributed by atoms with van der Waals surface area (Å²) in [6, 6.07) is 13.4.